The second-order valence-corrected chi connectivity index (χ2v) is 6.71. The highest BCUT2D eigenvalue weighted by Gasteiger charge is 2.32. The van der Waals surface area contributed by atoms with Gasteiger partial charge in [-0.05, 0) is 45.7 Å². The SMILES string of the molecule is CN(CC(=O)N1CCC[C@H]1c1ccc[nH]1)C(=O)OC(C)(C)C. The van der Waals surface area contributed by atoms with Gasteiger partial charge in [0.15, 0.2) is 0 Å². The maximum Gasteiger partial charge on any atom is 0.410 e. The molecule has 1 N–H and O–H groups in total. The molecule has 1 aliphatic rings. The second kappa shape index (κ2) is 6.42. The lowest BCUT2D eigenvalue weighted by Gasteiger charge is -2.28. The van der Waals surface area contributed by atoms with Crippen LogP contribution in [0.4, 0.5) is 4.79 Å². The first-order valence-electron chi connectivity index (χ1n) is 7.65. The Morgan fingerprint density at radius 1 is 1.45 bits per heavy atom. The molecule has 1 fully saturated rings. The molecule has 1 aliphatic heterocycles. The van der Waals surface area contributed by atoms with Crippen molar-refractivity contribution >= 4 is 12.0 Å². The Morgan fingerprint density at radius 2 is 2.18 bits per heavy atom. The molecule has 2 amide bonds. The van der Waals surface area contributed by atoms with Crippen molar-refractivity contribution in [1.29, 1.82) is 0 Å². The number of nitrogens with zero attached hydrogens (tertiary/aromatic N) is 2. The minimum Gasteiger partial charge on any atom is -0.444 e. The van der Waals surface area contributed by atoms with Crippen molar-refractivity contribution in [3.63, 3.8) is 0 Å². The zero-order chi connectivity index (χ0) is 16.3. The van der Waals surface area contributed by atoms with Gasteiger partial charge in [-0.15, -0.1) is 0 Å². The average molecular weight is 307 g/mol. The number of carbonyl (C=O) groups is 2. The molecule has 0 unspecified atom stereocenters. The number of likely N-dealkylation sites (tertiary alicyclic amines) is 1. The van der Waals surface area contributed by atoms with Crippen LogP contribution in [-0.4, -0.2) is 52.5 Å². The summed E-state index contributed by atoms with van der Waals surface area (Å²) in [6.07, 6.45) is 3.31. The van der Waals surface area contributed by atoms with E-state index in [-0.39, 0.29) is 18.5 Å². The van der Waals surface area contributed by atoms with Gasteiger partial charge in [-0.1, -0.05) is 0 Å². The number of hydrogen-bond donors (Lipinski definition) is 1. The fraction of sp³-hybridized carbons (Fsp3) is 0.625. The lowest BCUT2D eigenvalue weighted by atomic mass is 10.1. The topological polar surface area (TPSA) is 65.6 Å². The first-order valence-corrected chi connectivity index (χ1v) is 7.65. The summed E-state index contributed by atoms with van der Waals surface area (Å²) in [5.41, 5.74) is 0.486. The van der Waals surface area contributed by atoms with Crippen molar-refractivity contribution in [2.24, 2.45) is 0 Å². The molecule has 0 aromatic carbocycles. The molecule has 6 nitrogen and oxygen atoms in total. The van der Waals surface area contributed by atoms with Gasteiger partial charge < -0.3 is 19.5 Å². The number of hydrogen-bond acceptors (Lipinski definition) is 3. The van der Waals surface area contributed by atoms with Crippen LogP contribution < -0.4 is 0 Å². The first kappa shape index (κ1) is 16.4. The summed E-state index contributed by atoms with van der Waals surface area (Å²) in [6, 6.07) is 4.01. The zero-order valence-corrected chi connectivity index (χ0v) is 13.8. The third-order valence-corrected chi connectivity index (χ3v) is 3.63. The van der Waals surface area contributed by atoms with Gasteiger partial charge in [-0.3, -0.25) is 4.79 Å². The van der Waals surface area contributed by atoms with Crippen LogP contribution in [0.15, 0.2) is 18.3 Å². The van der Waals surface area contributed by atoms with Crippen molar-refractivity contribution in [3.8, 4) is 0 Å². The summed E-state index contributed by atoms with van der Waals surface area (Å²) in [5, 5.41) is 0. The number of aromatic nitrogens is 1. The van der Waals surface area contributed by atoms with Crippen LogP contribution in [0.2, 0.25) is 0 Å². The maximum atomic E-state index is 12.5. The molecule has 6 heteroatoms. The van der Waals surface area contributed by atoms with E-state index in [9.17, 15) is 9.59 Å². The Kier molecular flexibility index (Phi) is 4.78. The highest BCUT2D eigenvalue weighted by atomic mass is 16.6. The molecule has 0 saturated carbocycles. The average Bonchev–Trinajstić information content (AvgIpc) is 3.07. The molecule has 2 heterocycles. The largest absolute Gasteiger partial charge is 0.444 e. The zero-order valence-electron chi connectivity index (χ0n) is 13.8. The molecular weight excluding hydrogens is 282 g/mol. The summed E-state index contributed by atoms with van der Waals surface area (Å²) < 4.78 is 5.27. The molecule has 1 aromatic rings. The van der Waals surface area contributed by atoms with Crippen molar-refractivity contribution in [3.05, 3.63) is 24.0 Å². The standard InChI is InChI=1S/C16H25N3O3/c1-16(2,3)22-15(21)18(4)11-14(20)19-10-6-8-13(19)12-7-5-9-17-12/h5,7,9,13,17H,6,8,10-11H2,1-4H3/t13-/m0/s1. The quantitative estimate of drug-likeness (QED) is 0.933. The molecular formula is C16H25N3O3. The predicted molar refractivity (Wildman–Crippen MR) is 83.3 cm³/mol. The lowest BCUT2D eigenvalue weighted by molar-refractivity contribution is -0.133. The minimum absolute atomic E-state index is 0.0339. The monoisotopic (exact) mass is 307 g/mol. The molecule has 22 heavy (non-hydrogen) atoms. The molecule has 1 atom stereocenters. The van der Waals surface area contributed by atoms with Crippen LogP contribution in [0.3, 0.4) is 0 Å². The predicted octanol–water partition coefficient (Wildman–Crippen LogP) is 2.55. The van der Waals surface area contributed by atoms with Crippen LogP contribution in [0.25, 0.3) is 0 Å². The Bertz CT molecular complexity index is 519. The van der Waals surface area contributed by atoms with E-state index in [1.165, 1.54) is 4.90 Å². The minimum atomic E-state index is -0.561. The van der Waals surface area contributed by atoms with Crippen LogP contribution in [0.5, 0.6) is 0 Å². The number of aromatic amines is 1. The van der Waals surface area contributed by atoms with Crippen molar-refractivity contribution in [2.75, 3.05) is 20.1 Å². The van der Waals surface area contributed by atoms with Gasteiger partial charge in [0.1, 0.15) is 12.1 Å². The third-order valence-electron chi connectivity index (χ3n) is 3.63. The number of likely N-dealkylation sites (N-methyl/N-ethyl adjacent to an activating group) is 1. The summed E-state index contributed by atoms with van der Waals surface area (Å²) >= 11 is 0. The van der Waals surface area contributed by atoms with E-state index in [1.807, 2.05) is 44.0 Å². The highest BCUT2D eigenvalue weighted by molar-refractivity contribution is 5.82. The van der Waals surface area contributed by atoms with Gasteiger partial charge in [-0.2, -0.15) is 0 Å². The summed E-state index contributed by atoms with van der Waals surface area (Å²) in [6.45, 7) is 6.18. The lowest BCUT2D eigenvalue weighted by Crippen LogP contribution is -2.42. The van der Waals surface area contributed by atoms with E-state index >= 15 is 0 Å². The summed E-state index contributed by atoms with van der Waals surface area (Å²) in [5.74, 6) is -0.0505. The Balaban J connectivity index is 1.95. The number of nitrogens with one attached hydrogen (secondary N) is 1. The fourth-order valence-corrected chi connectivity index (χ4v) is 2.64. The van der Waals surface area contributed by atoms with E-state index in [2.05, 4.69) is 4.98 Å². The van der Waals surface area contributed by atoms with Gasteiger partial charge in [0, 0.05) is 25.5 Å². The molecule has 0 bridgehead atoms. The Morgan fingerprint density at radius 3 is 2.77 bits per heavy atom. The van der Waals surface area contributed by atoms with Gasteiger partial charge in [0.2, 0.25) is 5.91 Å². The van der Waals surface area contributed by atoms with Crippen molar-refractivity contribution in [2.45, 2.75) is 45.3 Å². The summed E-state index contributed by atoms with van der Waals surface area (Å²) in [4.78, 5) is 30.8. The molecule has 0 aliphatic carbocycles. The van der Waals surface area contributed by atoms with E-state index < -0.39 is 11.7 Å². The smallest absolute Gasteiger partial charge is 0.410 e. The maximum absolute atomic E-state index is 12.5. The van der Waals surface area contributed by atoms with E-state index in [1.54, 1.807) is 7.05 Å². The van der Waals surface area contributed by atoms with Gasteiger partial charge in [0.25, 0.3) is 0 Å². The number of H-pyrrole nitrogens is 1. The number of ether oxygens (including phenoxy) is 1. The number of amides is 2. The summed E-state index contributed by atoms with van der Waals surface area (Å²) in [7, 11) is 1.59. The Labute approximate surface area is 131 Å². The molecule has 2 rings (SSSR count). The van der Waals surface area contributed by atoms with Crippen LogP contribution in [0, 0.1) is 0 Å². The first-order chi connectivity index (χ1) is 10.3. The number of carbonyl (C=O) groups excluding carboxylic acids is 2. The normalized spacial score (nSPS) is 18.4. The molecule has 0 radical (unpaired) electrons. The second-order valence-electron chi connectivity index (χ2n) is 6.71. The number of rotatable bonds is 3. The van der Waals surface area contributed by atoms with Crippen molar-refractivity contribution < 1.29 is 14.3 Å². The van der Waals surface area contributed by atoms with E-state index in [0.29, 0.717) is 0 Å². The van der Waals surface area contributed by atoms with Crippen LogP contribution in [-0.2, 0) is 9.53 Å². The molecule has 1 saturated heterocycles. The van der Waals surface area contributed by atoms with Gasteiger partial charge in [0.05, 0.1) is 6.04 Å². The van der Waals surface area contributed by atoms with Gasteiger partial charge >= 0.3 is 6.09 Å². The van der Waals surface area contributed by atoms with Crippen LogP contribution in [0.1, 0.15) is 45.3 Å². The Hall–Kier alpha value is -1.98. The van der Waals surface area contributed by atoms with Crippen LogP contribution >= 0.6 is 0 Å². The van der Waals surface area contributed by atoms with E-state index in [4.69, 9.17) is 4.74 Å². The van der Waals surface area contributed by atoms with Gasteiger partial charge in [-0.25, -0.2) is 4.79 Å². The fourth-order valence-electron chi connectivity index (χ4n) is 2.64. The molecule has 0 spiro atoms. The molecule has 1 aromatic heterocycles. The van der Waals surface area contributed by atoms with E-state index in [0.717, 1.165) is 25.1 Å². The van der Waals surface area contributed by atoms with Crippen molar-refractivity contribution in [1.82, 2.24) is 14.8 Å². The third kappa shape index (κ3) is 4.02. The highest BCUT2D eigenvalue weighted by Crippen LogP contribution is 2.30. The molecule has 122 valence electrons.